The molecule has 0 spiro atoms. The number of thiophene rings is 1. The largest absolute Gasteiger partial charge is 0.317 e. The minimum atomic E-state index is -0.168. The molecule has 0 aromatic carbocycles. The van der Waals surface area contributed by atoms with Crippen LogP contribution in [0.2, 0.25) is 0 Å². The molecule has 0 radical (unpaired) electrons. The zero-order valence-electron chi connectivity index (χ0n) is 8.68. The molecule has 1 aromatic heterocycles. The van der Waals surface area contributed by atoms with Gasteiger partial charge in [0, 0.05) is 9.89 Å². The Kier molecular flexibility index (Phi) is 3.28. The van der Waals surface area contributed by atoms with Crippen molar-refractivity contribution < 1.29 is 4.79 Å². The highest BCUT2D eigenvalue weighted by Crippen LogP contribution is 2.36. The second-order valence-electron chi connectivity index (χ2n) is 4.24. The summed E-state index contributed by atoms with van der Waals surface area (Å²) >= 11 is 4.96. The van der Waals surface area contributed by atoms with Gasteiger partial charge in [0.05, 0.1) is 4.88 Å². The van der Waals surface area contributed by atoms with E-state index >= 15 is 0 Å². The summed E-state index contributed by atoms with van der Waals surface area (Å²) in [6.45, 7) is 3.98. The van der Waals surface area contributed by atoms with Crippen LogP contribution in [-0.2, 0) is 0 Å². The van der Waals surface area contributed by atoms with Gasteiger partial charge in [-0.25, -0.2) is 0 Å². The summed E-state index contributed by atoms with van der Waals surface area (Å²) in [5, 5.41) is 5.25. The van der Waals surface area contributed by atoms with Crippen molar-refractivity contribution in [3.8, 4) is 0 Å². The maximum Gasteiger partial charge on any atom is 0.179 e. The molecule has 82 valence electrons. The van der Waals surface area contributed by atoms with Crippen molar-refractivity contribution in [1.82, 2.24) is 5.32 Å². The summed E-state index contributed by atoms with van der Waals surface area (Å²) in [6, 6.07) is 1.95. The molecule has 2 rings (SSSR count). The maximum absolute atomic E-state index is 12.4. The van der Waals surface area contributed by atoms with Gasteiger partial charge in [0.15, 0.2) is 5.78 Å². The van der Waals surface area contributed by atoms with Gasteiger partial charge in [-0.1, -0.05) is 6.92 Å². The molecular weight excluding hydrogens is 274 g/mol. The van der Waals surface area contributed by atoms with E-state index in [0.717, 1.165) is 35.3 Å². The molecule has 0 amide bonds. The molecule has 15 heavy (non-hydrogen) atoms. The Hall–Kier alpha value is -0.190. The first-order chi connectivity index (χ1) is 7.13. The number of ketones is 1. The van der Waals surface area contributed by atoms with Crippen molar-refractivity contribution in [3.05, 3.63) is 20.8 Å². The Balaban J connectivity index is 2.23. The van der Waals surface area contributed by atoms with Crippen LogP contribution >= 0.6 is 27.3 Å². The van der Waals surface area contributed by atoms with Gasteiger partial charge >= 0.3 is 0 Å². The normalized spacial score (nSPS) is 20.1. The summed E-state index contributed by atoms with van der Waals surface area (Å²) in [7, 11) is 0. The number of carbonyl (C=O) groups excluding carboxylic acids is 1. The second kappa shape index (κ2) is 4.36. The fourth-order valence-corrected chi connectivity index (χ4v) is 3.58. The summed E-state index contributed by atoms with van der Waals surface area (Å²) in [4.78, 5) is 13.2. The molecule has 0 aliphatic carbocycles. The molecule has 1 aromatic rings. The van der Waals surface area contributed by atoms with E-state index in [1.165, 1.54) is 11.3 Å². The number of Topliss-reactive ketones (excluding diaryl/α,β-unsaturated/α-hetero) is 1. The topological polar surface area (TPSA) is 29.1 Å². The molecule has 1 saturated heterocycles. The summed E-state index contributed by atoms with van der Waals surface area (Å²) in [5.74, 6) is 0.297. The van der Waals surface area contributed by atoms with E-state index in [2.05, 4.69) is 28.2 Å². The predicted octanol–water partition coefficient (Wildman–Crippen LogP) is 3.08. The molecule has 0 atom stereocenters. The SMILES string of the molecule is CC1(C(=O)c2sccc2Br)CCNCC1. The fraction of sp³-hybridized carbons (Fsp3) is 0.545. The molecule has 1 N–H and O–H groups in total. The summed E-state index contributed by atoms with van der Waals surface area (Å²) < 4.78 is 0.942. The Morgan fingerprint density at radius 2 is 2.20 bits per heavy atom. The third-order valence-corrected chi connectivity index (χ3v) is 4.92. The van der Waals surface area contributed by atoms with Crippen LogP contribution in [0.4, 0.5) is 0 Å². The van der Waals surface area contributed by atoms with Gasteiger partial charge in [-0.15, -0.1) is 11.3 Å². The molecule has 2 heterocycles. The molecule has 0 saturated carbocycles. The molecule has 1 aliphatic heterocycles. The van der Waals surface area contributed by atoms with Gasteiger partial charge in [0.2, 0.25) is 0 Å². The number of halogens is 1. The van der Waals surface area contributed by atoms with Crippen molar-refractivity contribution in [2.24, 2.45) is 5.41 Å². The quantitative estimate of drug-likeness (QED) is 0.847. The molecular formula is C11H14BrNOS. The van der Waals surface area contributed by atoms with E-state index in [0.29, 0.717) is 5.78 Å². The summed E-state index contributed by atoms with van der Waals surface area (Å²) in [5.41, 5.74) is -0.168. The smallest absolute Gasteiger partial charge is 0.179 e. The lowest BCUT2D eigenvalue weighted by Gasteiger charge is -2.32. The van der Waals surface area contributed by atoms with Gasteiger partial charge in [-0.3, -0.25) is 4.79 Å². The molecule has 0 unspecified atom stereocenters. The highest BCUT2D eigenvalue weighted by Gasteiger charge is 2.36. The van der Waals surface area contributed by atoms with Crippen LogP contribution in [-0.4, -0.2) is 18.9 Å². The number of hydrogen-bond donors (Lipinski definition) is 1. The van der Waals surface area contributed by atoms with Crippen molar-refractivity contribution in [3.63, 3.8) is 0 Å². The van der Waals surface area contributed by atoms with Gasteiger partial charge < -0.3 is 5.32 Å². The van der Waals surface area contributed by atoms with Gasteiger partial charge in [-0.2, -0.15) is 0 Å². The Morgan fingerprint density at radius 1 is 1.53 bits per heavy atom. The van der Waals surface area contributed by atoms with E-state index in [4.69, 9.17) is 0 Å². The Labute approximate surface area is 102 Å². The monoisotopic (exact) mass is 287 g/mol. The molecule has 4 heteroatoms. The molecule has 1 fully saturated rings. The molecule has 1 aliphatic rings. The highest BCUT2D eigenvalue weighted by atomic mass is 79.9. The first-order valence-corrected chi connectivity index (χ1v) is 6.79. The number of piperidine rings is 1. The number of nitrogens with one attached hydrogen (secondary N) is 1. The second-order valence-corrected chi connectivity index (χ2v) is 6.01. The zero-order valence-corrected chi connectivity index (χ0v) is 11.1. The fourth-order valence-electron chi connectivity index (χ4n) is 1.94. The minimum Gasteiger partial charge on any atom is -0.317 e. The lowest BCUT2D eigenvalue weighted by molar-refractivity contribution is 0.0766. The third kappa shape index (κ3) is 2.17. The Bertz CT molecular complexity index is 368. The van der Waals surface area contributed by atoms with Crippen LogP contribution in [0.3, 0.4) is 0 Å². The predicted molar refractivity (Wildman–Crippen MR) is 66.6 cm³/mol. The van der Waals surface area contributed by atoms with E-state index < -0.39 is 0 Å². The zero-order chi connectivity index (χ0) is 10.9. The van der Waals surface area contributed by atoms with Crippen molar-refractivity contribution in [2.75, 3.05) is 13.1 Å². The van der Waals surface area contributed by atoms with Crippen LogP contribution in [0.25, 0.3) is 0 Å². The lowest BCUT2D eigenvalue weighted by Crippen LogP contribution is -2.39. The van der Waals surface area contributed by atoms with Crippen molar-refractivity contribution in [2.45, 2.75) is 19.8 Å². The van der Waals surface area contributed by atoms with Gasteiger partial charge in [0.1, 0.15) is 0 Å². The van der Waals surface area contributed by atoms with Crippen molar-refractivity contribution >= 4 is 33.0 Å². The Morgan fingerprint density at radius 3 is 2.73 bits per heavy atom. The molecule has 2 nitrogen and oxygen atoms in total. The van der Waals surface area contributed by atoms with Gasteiger partial charge in [-0.05, 0) is 53.3 Å². The van der Waals surface area contributed by atoms with Crippen LogP contribution in [0, 0.1) is 5.41 Å². The van der Waals surface area contributed by atoms with Gasteiger partial charge in [0.25, 0.3) is 0 Å². The number of carbonyl (C=O) groups is 1. The average Bonchev–Trinajstić information content (AvgIpc) is 2.64. The standard InChI is InChI=1S/C11H14BrNOS/c1-11(3-5-13-6-4-11)10(14)9-8(12)2-7-15-9/h2,7,13H,3-6H2,1H3. The van der Waals surface area contributed by atoms with E-state index in [-0.39, 0.29) is 5.41 Å². The van der Waals surface area contributed by atoms with E-state index in [1.54, 1.807) is 0 Å². The van der Waals surface area contributed by atoms with Crippen molar-refractivity contribution in [1.29, 1.82) is 0 Å². The van der Waals surface area contributed by atoms with Crippen LogP contribution in [0.5, 0.6) is 0 Å². The molecule has 0 bridgehead atoms. The maximum atomic E-state index is 12.4. The number of hydrogen-bond acceptors (Lipinski definition) is 3. The first-order valence-electron chi connectivity index (χ1n) is 5.12. The third-order valence-electron chi connectivity index (χ3n) is 3.08. The van der Waals surface area contributed by atoms with E-state index in [1.807, 2.05) is 11.4 Å². The van der Waals surface area contributed by atoms with Crippen LogP contribution in [0.1, 0.15) is 29.4 Å². The average molecular weight is 288 g/mol. The van der Waals surface area contributed by atoms with Crippen LogP contribution in [0.15, 0.2) is 15.9 Å². The number of rotatable bonds is 2. The lowest BCUT2D eigenvalue weighted by atomic mass is 9.77. The first kappa shape index (κ1) is 11.3. The highest BCUT2D eigenvalue weighted by molar-refractivity contribution is 9.10. The minimum absolute atomic E-state index is 0.168. The summed E-state index contributed by atoms with van der Waals surface area (Å²) in [6.07, 6.45) is 1.88. The van der Waals surface area contributed by atoms with Crippen LogP contribution < -0.4 is 5.32 Å². The van der Waals surface area contributed by atoms with E-state index in [9.17, 15) is 4.79 Å².